The predicted molar refractivity (Wildman–Crippen MR) is 116 cm³/mol. The van der Waals surface area contributed by atoms with Crippen molar-refractivity contribution in [3.63, 3.8) is 0 Å². The van der Waals surface area contributed by atoms with Gasteiger partial charge in [0.2, 0.25) is 11.4 Å². The molecule has 1 fully saturated rings. The molecule has 1 amide bonds. The van der Waals surface area contributed by atoms with Crippen LogP contribution in [-0.2, 0) is 25.8 Å². The van der Waals surface area contributed by atoms with Gasteiger partial charge in [0.05, 0.1) is 6.04 Å². The Morgan fingerprint density at radius 3 is 2.55 bits per heavy atom. The molecule has 1 aromatic rings. The molecule has 1 heterocycles. The van der Waals surface area contributed by atoms with Crippen LogP contribution in [0.2, 0.25) is 0 Å². The van der Waals surface area contributed by atoms with Crippen LogP contribution in [0.1, 0.15) is 32.8 Å². The summed E-state index contributed by atoms with van der Waals surface area (Å²) in [4.78, 5) is 55.2. The smallest absolute Gasteiger partial charge is 0.346 e. The third-order valence-electron chi connectivity index (χ3n) is 4.84. The second-order valence-corrected chi connectivity index (χ2v) is 8.03. The number of nitrogens with zero attached hydrogens (tertiary/aromatic N) is 2. The Balaban J connectivity index is 0.00000480. The molecule has 0 aliphatic carbocycles. The van der Waals surface area contributed by atoms with Crippen molar-refractivity contribution >= 4 is 42.7 Å². The number of halogens is 1. The van der Waals surface area contributed by atoms with E-state index in [0.717, 1.165) is 0 Å². The van der Waals surface area contributed by atoms with Gasteiger partial charge in [-0.15, -0.1) is 22.5 Å². The second kappa shape index (κ2) is 10.8. The summed E-state index contributed by atoms with van der Waals surface area (Å²) in [5.74, 6) is -2.42. The maximum absolute atomic E-state index is 13.3. The summed E-state index contributed by atoms with van der Waals surface area (Å²) in [5, 5.41) is 8.65. The minimum Gasteiger partial charge on any atom is -0.424 e. The van der Waals surface area contributed by atoms with E-state index >= 15 is 0 Å². The quantitative estimate of drug-likeness (QED) is 0.144. The molecule has 0 saturated carbocycles. The number of ether oxygens (including phenoxy) is 1. The van der Waals surface area contributed by atoms with Crippen LogP contribution >= 0.6 is 25.0 Å². The zero-order chi connectivity index (χ0) is 22.6. The molecule has 3 atom stereocenters. The summed E-state index contributed by atoms with van der Waals surface area (Å²) >= 11 is 4.45. The highest BCUT2D eigenvalue weighted by molar-refractivity contribution is 7.81. The van der Waals surface area contributed by atoms with E-state index in [-0.39, 0.29) is 37.2 Å². The predicted octanol–water partition coefficient (Wildman–Crippen LogP) is 1.56. The first kappa shape index (κ1) is 26.7. The molecule has 10 nitrogen and oxygen atoms in total. The van der Waals surface area contributed by atoms with Crippen molar-refractivity contribution in [3.05, 3.63) is 39.9 Å². The Morgan fingerprint density at radius 1 is 1.35 bits per heavy atom. The van der Waals surface area contributed by atoms with E-state index in [2.05, 4.69) is 17.5 Å². The van der Waals surface area contributed by atoms with Gasteiger partial charge in [0.1, 0.15) is 12.4 Å². The summed E-state index contributed by atoms with van der Waals surface area (Å²) in [6, 6.07) is 4.87. The van der Waals surface area contributed by atoms with Gasteiger partial charge in [-0.25, -0.2) is 4.79 Å². The van der Waals surface area contributed by atoms with Crippen molar-refractivity contribution in [3.8, 4) is 5.75 Å². The highest BCUT2D eigenvalue weighted by Crippen LogP contribution is 2.38. The van der Waals surface area contributed by atoms with Crippen LogP contribution in [0.3, 0.4) is 0 Å². The number of Topliss-reactive ketones (excluding diaryl/α,β-unsaturated/α-hetero) is 1. The minimum atomic E-state index is -1.97. The van der Waals surface area contributed by atoms with Gasteiger partial charge in [-0.1, -0.05) is 26.0 Å². The highest BCUT2D eigenvalue weighted by Gasteiger charge is 2.62. The standard InChI is InChI=1S/C19H25N3O7S.ClH/c1-11(2)17(24)21-8-7-15(30)19(21,16(23)12(3)20)18(25)29-14-6-4-5-13(9-14)10-28-22(26)27;/h4-6,9,11-12,15,30H,7-8,10,20H2,1-3H3;1H/t12-,15?,19-;/m0./s1. The summed E-state index contributed by atoms with van der Waals surface area (Å²) in [7, 11) is 0. The molecule has 2 rings (SSSR count). The number of thiol groups is 1. The molecule has 1 aromatic carbocycles. The Hall–Kier alpha value is -2.37. The summed E-state index contributed by atoms with van der Waals surface area (Å²) in [6.07, 6.45) is 0.311. The van der Waals surface area contributed by atoms with Gasteiger partial charge >= 0.3 is 5.97 Å². The third-order valence-corrected chi connectivity index (χ3v) is 5.47. The van der Waals surface area contributed by atoms with Crippen LogP contribution in [0.5, 0.6) is 5.75 Å². The largest absolute Gasteiger partial charge is 0.424 e. The van der Waals surface area contributed by atoms with Gasteiger partial charge in [0, 0.05) is 17.7 Å². The first-order valence-electron chi connectivity index (χ1n) is 9.39. The van der Waals surface area contributed by atoms with Gasteiger partial charge < -0.3 is 20.2 Å². The first-order chi connectivity index (χ1) is 14.0. The van der Waals surface area contributed by atoms with Crippen molar-refractivity contribution < 1.29 is 29.0 Å². The number of hydrogen-bond acceptors (Lipinski definition) is 9. The molecule has 12 heteroatoms. The fourth-order valence-corrected chi connectivity index (χ4v) is 3.90. The average molecular weight is 476 g/mol. The van der Waals surface area contributed by atoms with Crippen molar-refractivity contribution in [2.45, 2.75) is 50.6 Å². The third kappa shape index (κ3) is 5.46. The normalized spacial score (nSPS) is 21.2. The van der Waals surface area contributed by atoms with Crippen LogP contribution in [0.15, 0.2) is 24.3 Å². The molecule has 172 valence electrons. The summed E-state index contributed by atoms with van der Waals surface area (Å²) in [5.41, 5.74) is 4.23. The van der Waals surface area contributed by atoms with Crippen molar-refractivity contribution in [1.29, 1.82) is 0 Å². The lowest BCUT2D eigenvalue weighted by Gasteiger charge is -2.38. The van der Waals surface area contributed by atoms with Gasteiger partial charge in [0.15, 0.2) is 5.78 Å². The van der Waals surface area contributed by atoms with E-state index < -0.39 is 39.6 Å². The molecule has 31 heavy (non-hydrogen) atoms. The Morgan fingerprint density at radius 2 is 2.00 bits per heavy atom. The number of amides is 1. The van der Waals surface area contributed by atoms with Crippen molar-refractivity contribution in [1.82, 2.24) is 4.90 Å². The van der Waals surface area contributed by atoms with E-state index in [0.29, 0.717) is 12.0 Å². The zero-order valence-electron chi connectivity index (χ0n) is 17.3. The van der Waals surface area contributed by atoms with Crippen LogP contribution in [-0.4, -0.2) is 51.0 Å². The number of carbonyl (C=O) groups is 3. The molecule has 0 aromatic heterocycles. The monoisotopic (exact) mass is 475 g/mol. The average Bonchev–Trinajstić information content (AvgIpc) is 3.02. The van der Waals surface area contributed by atoms with Crippen LogP contribution in [0.25, 0.3) is 0 Å². The lowest BCUT2D eigenvalue weighted by Crippen LogP contribution is -2.67. The van der Waals surface area contributed by atoms with E-state index in [1.54, 1.807) is 19.9 Å². The first-order valence-corrected chi connectivity index (χ1v) is 9.91. The topological polar surface area (TPSA) is 142 Å². The molecule has 0 radical (unpaired) electrons. The Labute approximate surface area is 191 Å². The molecule has 0 bridgehead atoms. The zero-order valence-corrected chi connectivity index (χ0v) is 19.1. The molecular weight excluding hydrogens is 450 g/mol. The number of nitrogens with two attached hydrogens (primary N) is 1. The highest BCUT2D eigenvalue weighted by atomic mass is 35.5. The number of esters is 1. The molecule has 2 N–H and O–H groups in total. The summed E-state index contributed by atoms with van der Waals surface area (Å²) < 4.78 is 5.47. The van der Waals surface area contributed by atoms with E-state index in [9.17, 15) is 24.5 Å². The Kier molecular flexibility index (Phi) is 9.27. The number of benzene rings is 1. The van der Waals surface area contributed by atoms with E-state index in [1.165, 1.54) is 30.0 Å². The van der Waals surface area contributed by atoms with Gasteiger partial charge in [-0.3, -0.25) is 9.59 Å². The van der Waals surface area contributed by atoms with E-state index in [1.807, 2.05) is 0 Å². The SMILES string of the molecule is CC(C)C(=O)N1CCC(S)[C@@]1(C(=O)Oc1cccc(CO[N+](=O)[O-])c1)C(=O)[C@H](C)N.Cl. The Bertz CT molecular complexity index is 852. The number of ketones is 1. The van der Waals surface area contributed by atoms with Crippen LogP contribution in [0.4, 0.5) is 0 Å². The molecular formula is C19H26ClN3O7S. The lowest BCUT2D eigenvalue weighted by atomic mass is 9.86. The molecule has 0 spiro atoms. The number of hydrogen-bond donors (Lipinski definition) is 2. The van der Waals surface area contributed by atoms with Crippen molar-refractivity contribution in [2.75, 3.05) is 6.54 Å². The van der Waals surface area contributed by atoms with Gasteiger partial charge in [0.25, 0.3) is 5.09 Å². The summed E-state index contributed by atoms with van der Waals surface area (Å²) in [6.45, 7) is 4.59. The number of likely N-dealkylation sites (tertiary alicyclic amines) is 1. The number of carbonyl (C=O) groups excluding carboxylic acids is 3. The fourth-order valence-electron chi connectivity index (χ4n) is 3.41. The molecule has 1 unspecified atom stereocenters. The van der Waals surface area contributed by atoms with Crippen molar-refractivity contribution in [2.24, 2.45) is 11.7 Å². The maximum atomic E-state index is 13.3. The number of rotatable bonds is 8. The molecule has 1 aliphatic heterocycles. The minimum absolute atomic E-state index is 0. The maximum Gasteiger partial charge on any atom is 0.346 e. The fraction of sp³-hybridized carbons (Fsp3) is 0.526. The lowest BCUT2D eigenvalue weighted by molar-refractivity contribution is -0.763. The van der Waals surface area contributed by atoms with Gasteiger partial charge in [-0.2, -0.15) is 12.6 Å². The van der Waals surface area contributed by atoms with Crippen LogP contribution < -0.4 is 10.5 Å². The molecule has 1 saturated heterocycles. The van der Waals surface area contributed by atoms with E-state index in [4.69, 9.17) is 10.5 Å². The second-order valence-electron chi connectivity index (χ2n) is 7.40. The van der Waals surface area contributed by atoms with Crippen LogP contribution in [0, 0.1) is 16.0 Å². The molecule has 1 aliphatic rings. The van der Waals surface area contributed by atoms with Gasteiger partial charge in [-0.05, 0) is 31.0 Å².